The molecule has 0 radical (unpaired) electrons. The number of nitrogens with one attached hydrogen (secondary N) is 2. The van der Waals surface area contributed by atoms with Gasteiger partial charge in [0.05, 0.1) is 4.90 Å². The van der Waals surface area contributed by atoms with Crippen LogP contribution in [0.2, 0.25) is 0 Å². The highest BCUT2D eigenvalue weighted by atomic mass is 32.2. The summed E-state index contributed by atoms with van der Waals surface area (Å²) in [5.74, 6) is -3.32. The molecule has 0 spiro atoms. The average Bonchev–Trinajstić information content (AvgIpc) is 2.45. The maximum Gasteiger partial charge on any atom is 0.267 e. The summed E-state index contributed by atoms with van der Waals surface area (Å²) in [4.78, 5) is 9.42. The SMILES string of the molecule is CC(=O)NS(=O)(=O)c1ccc(NS(=O)(=O)c2c(F)cccc2F)cc1. The van der Waals surface area contributed by atoms with E-state index in [1.807, 2.05) is 4.72 Å². The molecule has 0 aliphatic carbocycles. The van der Waals surface area contributed by atoms with Crippen LogP contribution >= 0.6 is 0 Å². The molecule has 134 valence electrons. The van der Waals surface area contributed by atoms with E-state index in [2.05, 4.69) is 0 Å². The summed E-state index contributed by atoms with van der Waals surface area (Å²) in [5.41, 5.74) is -0.121. The summed E-state index contributed by atoms with van der Waals surface area (Å²) in [6, 6.07) is 6.81. The molecule has 0 aliphatic rings. The fourth-order valence-corrected chi connectivity index (χ4v) is 4.08. The van der Waals surface area contributed by atoms with E-state index in [-0.39, 0.29) is 10.6 Å². The number of sulfonamides is 2. The van der Waals surface area contributed by atoms with Crippen molar-refractivity contribution in [2.45, 2.75) is 16.7 Å². The molecule has 0 bridgehead atoms. The van der Waals surface area contributed by atoms with Gasteiger partial charge in [0.1, 0.15) is 11.6 Å². The van der Waals surface area contributed by atoms with Crippen molar-refractivity contribution in [1.82, 2.24) is 4.72 Å². The van der Waals surface area contributed by atoms with E-state index in [1.54, 1.807) is 4.72 Å². The zero-order valence-corrected chi connectivity index (χ0v) is 14.3. The normalized spacial score (nSPS) is 11.8. The third-order valence-corrected chi connectivity index (χ3v) is 5.76. The van der Waals surface area contributed by atoms with Crippen molar-refractivity contribution in [1.29, 1.82) is 0 Å². The van der Waals surface area contributed by atoms with Crippen LogP contribution in [0.4, 0.5) is 14.5 Å². The minimum Gasteiger partial charge on any atom is -0.279 e. The quantitative estimate of drug-likeness (QED) is 0.806. The summed E-state index contributed by atoms with van der Waals surface area (Å²) < 4.78 is 78.7. The second-order valence-electron chi connectivity index (χ2n) is 4.84. The second kappa shape index (κ2) is 6.76. The summed E-state index contributed by atoms with van der Waals surface area (Å²) in [6.07, 6.45) is 0. The lowest BCUT2D eigenvalue weighted by atomic mass is 10.3. The first kappa shape index (κ1) is 18.8. The minimum absolute atomic E-state index is 0.121. The van der Waals surface area contributed by atoms with E-state index in [0.717, 1.165) is 49.4 Å². The van der Waals surface area contributed by atoms with Crippen molar-refractivity contribution in [3.05, 3.63) is 54.1 Å². The molecule has 0 heterocycles. The van der Waals surface area contributed by atoms with E-state index in [1.165, 1.54) is 0 Å². The predicted octanol–water partition coefficient (Wildman–Crippen LogP) is 1.59. The van der Waals surface area contributed by atoms with Gasteiger partial charge < -0.3 is 0 Å². The van der Waals surface area contributed by atoms with E-state index in [9.17, 15) is 30.4 Å². The van der Waals surface area contributed by atoms with Crippen LogP contribution in [-0.4, -0.2) is 22.7 Å². The second-order valence-corrected chi connectivity index (χ2v) is 8.14. The summed E-state index contributed by atoms with van der Waals surface area (Å²) in [5, 5.41) is 0. The molecule has 2 aromatic rings. The van der Waals surface area contributed by atoms with Crippen molar-refractivity contribution < 1.29 is 30.4 Å². The molecule has 2 rings (SSSR count). The highest BCUT2D eigenvalue weighted by Gasteiger charge is 2.24. The Balaban J connectivity index is 2.31. The maximum absolute atomic E-state index is 13.6. The van der Waals surface area contributed by atoms with E-state index < -0.39 is 42.5 Å². The molecule has 0 aliphatic heterocycles. The molecule has 0 fully saturated rings. The molecular weight excluding hydrogens is 378 g/mol. The summed E-state index contributed by atoms with van der Waals surface area (Å²) >= 11 is 0. The van der Waals surface area contributed by atoms with Crippen molar-refractivity contribution in [2.24, 2.45) is 0 Å². The van der Waals surface area contributed by atoms with Crippen LogP contribution in [0, 0.1) is 11.6 Å². The van der Waals surface area contributed by atoms with Gasteiger partial charge in [-0.25, -0.2) is 30.3 Å². The number of carbonyl (C=O) groups excluding carboxylic acids is 1. The molecule has 0 atom stereocenters. The number of hydrogen-bond donors (Lipinski definition) is 2. The molecule has 1 amide bonds. The summed E-state index contributed by atoms with van der Waals surface area (Å²) in [6.45, 7) is 1.02. The molecule has 0 aromatic heterocycles. The first-order chi connectivity index (χ1) is 11.5. The Labute approximate surface area is 142 Å². The van der Waals surface area contributed by atoms with Gasteiger partial charge in [-0.15, -0.1) is 0 Å². The molecule has 2 aromatic carbocycles. The van der Waals surface area contributed by atoms with Gasteiger partial charge in [-0.2, -0.15) is 0 Å². The molecule has 11 heteroatoms. The van der Waals surface area contributed by atoms with Crippen LogP contribution in [0.25, 0.3) is 0 Å². The number of benzene rings is 2. The smallest absolute Gasteiger partial charge is 0.267 e. The topological polar surface area (TPSA) is 109 Å². The van der Waals surface area contributed by atoms with Crippen molar-refractivity contribution in [2.75, 3.05) is 4.72 Å². The van der Waals surface area contributed by atoms with E-state index >= 15 is 0 Å². The lowest BCUT2D eigenvalue weighted by Gasteiger charge is -2.10. The van der Waals surface area contributed by atoms with Gasteiger partial charge in [0, 0.05) is 12.6 Å². The molecule has 0 unspecified atom stereocenters. The van der Waals surface area contributed by atoms with Gasteiger partial charge in [-0.3, -0.25) is 9.52 Å². The summed E-state index contributed by atoms with van der Waals surface area (Å²) in [7, 11) is -8.64. The Hall–Kier alpha value is -2.53. The average molecular weight is 390 g/mol. The molecule has 0 saturated heterocycles. The first-order valence-corrected chi connectivity index (χ1v) is 9.60. The van der Waals surface area contributed by atoms with Gasteiger partial charge in [0.15, 0.2) is 4.90 Å². The molecule has 2 N–H and O–H groups in total. The molecular formula is C14H12F2N2O5S2. The number of amides is 1. The fourth-order valence-electron chi connectivity index (χ4n) is 1.90. The highest BCUT2D eigenvalue weighted by Crippen LogP contribution is 2.22. The monoisotopic (exact) mass is 390 g/mol. The Kier molecular flexibility index (Phi) is 5.09. The maximum atomic E-state index is 13.6. The predicted molar refractivity (Wildman–Crippen MR) is 84.6 cm³/mol. The van der Waals surface area contributed by atoms with Crippen LogP contribution in [-0.2, 0) is 24.8 Å². The lowest BCUT2D eigenvalue weighted by molar-refractivity contribution is -0.117. The number of anilines is 1. The van der Waals surface area contributed by atoms with Crippen molar-refractivity contribution in [3.8, 4) is 0 Å². The van der Waals surface area contributed by atoms with E-state index in [4.69, 9.17) is 0 Å². The van der Waals surface area contributed by atoms with E-state index in [0.29, 0.717) is 0 Å². The molecule has 25 heavy (non-hydrogen) atoms. The standard InChI is InChI=1S/C14H12F2N2O5S2/c1-9(19)17-24(20,21)11-7-5-10(6-8-11)18-25(22,23)14-12(15)3-2-4-13(14)16/h2-8,18H,1H3,(H,17,19). The first-order valence-electron chi connectivity index (χ1n) is 6.63. The Morgan fingerprint density at radius 2 is 1.40 bits per heavy atom. The third-order valence-electron chi connectivity index (χ3n) is 2.88. The Morgan fingerprint density at radius 3 is 1.88 bits per heavy atom. The number of carbonyl (C=O) groups is 1. The highest BCUT2D eigenvalue weighted by molar-refractivity contribution is 7.92. The van der Waals surface area contributed by atoms with Gasteiger partial charge in [-0.1, -0.05) is 6.07 Å². The number of halogens is 2. The van der Waals surface area contributed by atoms with Gasteiger partial charge >= 0.3 is 0 Å². The minimum atomic E-state index is -4.56. The van der Waals surface area contributed by atoms with Crippen LogP contribution in [0.15, 0.2) is 52.3 Å². The third kappa shape index (κ3) is 4.31. The zero-order valence-electron chi connectivity index (χ0n) is 12.7. The zero-order chi connectivity index (χ0) is 18.8. The Bertz CT molecular complexity index is 999. The van der Waals surface area contributed by atoms with Gasteiger partial charge in [0.2, 0.25) is 5.91 Å². The van der Waals surface area contributed by atoms with Crippen LogP contribution in [0.3, 0.4) is 0 Å². The number of rotatable bonds is 5. The molecule has 0 saturated carbocycles. The van der Waals surface area contributed by atoms with Crippen LogP contribution in [0.1, 0.15) is 6.92 Å². The number of hydrogen-bond acceptors (Lipinski definition) is 5. The fraction of sp³-hybridized carbons (Fsp3) is 0.0714. The van der Waals surface area contributed by atoms with Crippen molar-refractivity contribution >= 4 is 31.6 Å². The van der Waals surface area contributed by atoms with Crippen LogP contribution < -0.4 is 9.44 Å². The lowest BCUT2D eigenvalue weighted by Crippen LogP contribution is -2.28. The van der Waals surface area contributed by atoms with Crippen LogP contribution in [0.5, 0.6) is 0 Å². The molecule has 7 nitrogen and oxygen atoms in total. The largest absolute Gasteiger partial charge is 0.279 e. The van der Waals surface area contributed by atoms with Gasteiger partial charge in [0.25, 0.3) is 20.0 Å². The van der Waals surface area contributed by atoms with Gasteiger partial charge in [-0.05, 0) is 36.4 Å². The van der Waals surface area contributed by atoms with Crippen molar-refractivity contribution in [3.63, 3.8) is 0 Å². The Morgan fingerprint density at radius 1 is 0.880 bits per heavy atom.